The number of hydrogen-bond donors (Lipinski definition) is 0. The summed E-state index contributed by atoms with van der Waals surface area (Å²) in [6.07, 6.45) is 6.41. The van der Waals surface area contributed by atoms with Crippen LogP contribution >= 0.6 is 11.6 Å². The molecule has 0 unspecified atom stereocenters. The van der Waals surface area contributed by atoms with E-state index in [0.717, 1.165) is 24.0 Å². The summed E-state index contributed by atoms with van der Waals surface area (Å²) >= 11 is 6.17. The molecule has 2 aliphatic rings. The highest BCUT2D eigenvalue weighted by atomic mass is 35.5. The third-order valence-corrected chi connectivity index (χ3v) is 7.47. The summed E-state index contributed by atoms with van der Waals surface area (Å²) in [6, 6.07) is 7.31. The van der Waals surface area contributed by atoms with E-state index in [2.05, 4.69) is 4.98 Å². The first-order valence-electron chi connectivity index (χ1n) is 9.63. The Morgan fingerprint density at radius 2 is 1.97 bits per heavy atom. The summed E-state index contributed by atoms with van der Waals surface area (Å²) in [7, 11) is -3.22. The van der Waals surface area contributed by atoms with Crippen LogP contribution in [0.3, 0.4) is 0 Å². The lowest BCUT2D eigenvalue weighted by atomic mass is 9.91. The number of carbonyl (C=O) groups excluding carboxylic acids is 1. The van der Waals surface area contributed by atoms with E-state index in [1.165, 1.54) is 10.6 Å². The maximum atomic E-state index is 13.2. The van der Waals surface area contributed by atoms with Crippen LogP contribution in [-0.2, 0) is 15.6 Å². The average Bonchev–Trinajstić information content (AvgIpc) is 2.86. The van der Waals surface area contributed by atoms with E-state index in [0.29, 0.717) is 29.4 Å². The molecule has 29 heavy (non-hydrogen) atoms. The number of sulfonamides is 1. The van der Waals surface area contributed by atoms with Crippen LogP contribution in [0.4, 0.5) is 5.69 Å². The topological polar surface area (TPSA) is 70.6 Å². The van der Waals surface area contributed by atoms with Crippen LogP contribution in [0.25, 0.3) is 0 Å². The Labute approximate surface area is 176 Å². The van der Waals surface area contributed by atoms with Crippen LogP contribution < -0.4 is 4.90 Å². The first-order valence-corrected chi connectivity index (χ1v) is 11.9. The minimum atomic E-state index is -3.22. The quantitative estimate of drug-likeness (QED) is 0.738. The highest BCUT2D eigenvalue weighted by molar-refractivity contribution is 7.88. The predicted octanol–water partition coefficient (Wildman–Crippen LogP) is 3.77. The second-order valence-electron chi connectivity index (χ2n) is 8.33. The molecule has 0 N–H and O–H groups in total. The van der Waals surface area contributed by atoms with Gasteiger partial charge in [0.15, 0.2) is 0 Å². The average molecular weight is 434 g/mol. The van der Waals surface area contributed by atoms with Crippen molar-refractivity contribution in [1.29, 1.82) is 0 Å². The molecule has 1 amide bonds. The van der Waals surface area contributed by atoms with Crippen LogP contribution in [0.5, 0.6) is 0 Å². The van der Waals surface area contributed by atoms with Gasteiger partial charge in [0.1, 0.15) is 0 Å². The summed E-state index contributed by atoms with van der Waals surface area (Å²) in [5.41, 5.74) is 2.63. The number of carbonyl (C=O) groups is 1. The molecule has 0 radical (unpaired) electrons. The third kappa shape index (κ3) is 3.56. The van der Waals surface area contributed by atoms with E-state index in [-0.39, 0.29) is 11.8 Å². The van der Waals surface area contributed by atoms with Crippen molar-refractivity contribution < 1.29 is 13.2 Å². The number of amides is 1. The molecule has 0 aliphatic carbocycles. The SMILES string of the molecule is CC1(C)c2cc(Cl)ccc2C(=O)N1c1cncc([C@H]2CCCN(S(C)(=O)=O)C2)c1. The lowest BCUT2D eigenvalue weighted by Crippen LogP contribution is -2.40. The van der Waals surface area contributed by atoms with Gasteiger partial charge in [-0.3, -0.25) is 14.7 Å². The molecule has 2 aliphatic heterocycles. The molecular formula is C21H24ClN3O3S. The molecule has 1 aromatic carbocycles. The van der Waals surface area contributed by atoms with E-state index >= 15 is 0 Å². The molecule has 2 aromatic rings. The second kappa shape index (κ2) is 7.07. The molecule has 1 saturated heterocycles. The zero-order valence-electron chi connectivity index (χ0n) is 16.7. The van der Waals surface area contributed by atoms with Gasteiger partial charge in [0.2, 0.25) is 10.0 Å². The van der Waals surface area contributed by atoms with Crippen molar-refractivity contribution in [3.63, 3.8) is 0 Å². The van der Waals surface area contributed by atoms with Crippen molar-refractivity contribution in [1.82, 2.24) is 9.29 Å². The van der Waals surface area contributed by atoms with Crippen molar-refractivity contribution in [2.24, 2.45) is 0 Å². The van der Waals surface area contributed by atoms with Crippen LogP contribution in [0.15, 0.2) is 36.7 Å². The summed E-state index contributed by atoms with van der Waals surface area (Å²) in [6.45, 7) is 4.98. The van der Waals surface area contributed by atoms with Gasteiger partial charge in [-0.15, -0.1) is 0 Å². The van der Waals surface area contributed by atoms with E-state index < -0.39 is 15.6 Å². The first-order chi connectivity index (χ1) is 13.6. The molecule has 0 spiro atoms. The Morgan fingerprint density at radius 1 is 1.21 bits per heavy atom. The molecule has 154 valence electrons. The Hall–Kier alpha value is -1.96. The molecule has 1 atom stereocenters. The minimum absolute atomic E-state index is 0.0589. The van der Waals surface area contributed by atoms with Crippen molar-refractivity contribution in [2.45, 2.75) is 38.1 Å². The monoisotopic (exact) mass is 433 g/mol. The van der Waals surface area contributed by atoms with Crippen LogP contribution in [0.2, 0.25) is 5.02 Å². The molecule has 1 fully saturated rings. The molecule has 4 rings (SSSR count). The number of benzene rings is 1. The minimum Gasteiger partial charge on any atom is -0.297 e. The Kier molecular flexibility index (Phi) is 4.96. The van der Waals surface area contributed by atoms with Gasteiger partial charge >= 0.3 is 0 Å². The fourth-order valence-electron chi connectivity index (χ4n) is 4.45. The van der Waals surface area contributed by atoms with Gasteiger partial charge in [-0.2, -0.15) is 0 Å². The van der Waals surface area contributed by atoms with Gasteiger partial charge < -0.3 is 0 Å². The molecule has 1 aromatic heterocycles. The number of fused-ring (bicyclic) bond motifs is 1. The molecule has 6 nitrogen and oxygen atoms in total. The summed E-state index contributed by atoms with van der Waals surface area (Å²) in [5.74, 6) is -0.0226. The molecular weight excluding hydrogens is 410 g/mol. The van der Waals surface area contributed by atoms with Gasteiger partial charge in [0.05, 0.1) is 23.7 Å². The third-order valence-electron chi connectivity index (χ3n) is 5.96. The summed E-state index contributed by atoms with van der Waals surface area (Å²) in [5, 5.41) is 0.599. The van der Waals surface area contributed by atoms with E-state index in [1.54, 1.807) is 29.4 Å². The smallest absolute Gasteiger partial charge is 0.259 e. The van der Waals surface area contributed by atoms with Gasteiger partial charge in [-0.1, -0.05) is 11.6 Å². The van der Waals surface area contributed by atoms with Gasteiger partial charge in [0, 0.05) is 29.9 Å². The Morgan fingerprint density at radius 3 is 2.69 bits per heavy atom. The van der Waals surface area contributed by atoms with E-state index in [9.17, 15) is 13.2 Å². The van der Waals surface area contributed by atoms with Crippen molar-refractivity contribution in [3.8, 4) is 0 Å². The number of halogens is 1. The highest BCUT2D eigenvalue weighted by Gasteiger charge is 2.44. The van der Waals surface area contributed by atoms with Crippen LogP contribution in [0.1, 0.15) is 54.1 Å². The molecule has 0 saturated carbocycles. The number of nitrogens with zero attached hydrogens (tertiary/aromatic N) is 3. The van der Waals surface area contributed by atoms with Gasteiger partial charge in [-0.25, -0.2) is 12.7 Å². The molecule has 3 heterocycles. The first kappa shape index (κ1) is 20.3. The lowest BCUT2D eigenvalue weighted by Gasteiger charge is -2.34. The van der Waals surface area contributed by atoms with Crippen molar-refractivity contribution in [2.75, 3.05) is 24.2 Å². The lowest BCUT2D eigenvalue weighted by molar-refractivity contribution is 0.0982. The van der Waals surface area contributed by atoms with Gasteiger partial charge in [0.25, 0.3) is 5.91 Å². The molecule has 0 bridgehead atoms. The van der Waals surface area contributed by atoms with E-state index in [4.69, 9.17) is 11.6 Å². The number of pyridine rings is 1. The predicted molar refractivity (Wildman–Crippen MR) is 114 cm³/mol. The zero-order valence-corrected chi connectivity index (χ0v) is 18.3. The number of aromatic nitrogens is 1. The highest BCUT2D eigenvalue weighted by Crippen LogP contribution is 2.43. The largest absolute Gasteiger partial charge is 0.297 e. The normalized spacial score (nSPS) is 22.0. The zero-order chi connectivity index (χ0) is 21.0. The molecule has 8 heteroatoms. The van der Waals surface area contributed by atoms with Crippen molar-refractivity contribution in [3.05, 3.63) is 58.4 Å². The number of hydrogen-bond acceptors (Lipinski definition) is 4. The number of piperidine rings is 1. The maximum absolute atomic E-state index is 13.2. The van der Waals surface area contributed by atoms with Crippen LogP contribution in [0, 0.1) is 0 Å². The summed E-state index contributed by atoms with van der Waals surface area (Å²) in [4.78, 5) is 19.3. The number of anilines is 1. The maximum Gasteiger partial charge on any atom is 0.259 e. The fraction of sp³-hybridized carbons (Fsp3) is 0.429. The standard InChI is InChI=1S/C21H24ClN3O3S/c1-21(2)19-10-16(22)6-7-18(19)20(26)25(21)17-9-15(11-23-12-17)14-5-4-8-24(13-14)29(3,27)28/h6-7,9-12,14H,4-5,8,13H2,1-3H3/t14-/m0/s1. The van der Waals surface area contributed by atoms with Gasteiger partial charge in [-0.05, 0) is 68.0 Å². The van der Waals surface area contributed by atoms with Crippen LogP contribution in [-0.4, -0.2) is 43.0 Å². The second-order valence-corrected chi connectivity index (χ2v) is 10.7. The van der Waals surface area contributed by atoms with E-state index in [1.807, 2.05) is 26.0 Å². The summed E-state index contributed by atoms with van der Waals surface area (Å²) < 4.78 is 25.5. The Bertz CT molecular complexity index is 1080. The number of rotatable bonds is 3. The fourth-order valence-corrected chi connectivity index (χ4v) is 5.53. The van der Waals surface area contributed by atoms with Crippen molar-refractivity contribution >= 4 is 33.2 Å². The Balaban J connectivity index is 1.69.